The topological polar surface area (TPSA) is 38.3 Å². The van der Waals surface area contributed by atoms with Crippen LogP contribution in [0, 0.1) is 3.57 Å². The number of para-hydroxylation sites is 1. The molecule has 0 heterocycles. The molecule has 0 bridgehead atoms. The Labute approximate surface area is 97.0 Å². The molecule has 1 aromatic rings. The number of ether oxygens (including phenoxy) is 1. The molecule has 1 amide bonds. The highest BCUT2D eigenvalue weighted by molar-refractivity contribution is 14.1. The predicted octanol–water partition coefficient (Wildman–Crippen LogP) is 2.27. The van der Waals surface area contributed by atoms with Gasteiger partial charge < -0.3 is 10.1 Å². The van der Waals surface area contributed by atoms with Crippen molar-refractivity contribution in [2.45, 2.75) is 6.42 Å². The number of amides is 1. The number of carbonyl (C=O) groups is 1. The van der Waals surface area contributed by atoms with Gasteiger partial charge in [0.25, 0.3) is 0 Å². The van der Waals surface area contributed by atoms with Crippen LogP contribution in [0.1, 0.15) is 6.42 Å². The van der Waals surface area contributed by atoms with Gasteiger partial charge in [-0.2, -0.15) is 0 Å². The molecule has 0 aliphatic rings. The summed E-state index contributed by atoms with van der Waals surface area (Å²) >= 11 is 2.19. The number of carbonyl (C=O) groups excluding carboxylic acids is 1. The van der Waals surface area contributed by atoms with E-state index in [9.17, 15) is 4.79 Å². The smallest absolute Gasteiger partial charge is 0.226 e. The van der Waals surface area contributed by atoms with Gasteiger partial charge in [-0.15, -0.1) is 0 Å². The first-order valence-corrected chi connectivity index (χ1v) is 5.35. The molecule has 0 saturated carbocycles. The van der Waals surface area contributed by atoms with E-state index < -0.39 is 0 Å². The largest absolute Gasteiger partial charge is 0.384 e. The average Bonchev–Trinajstić information content (AvgIpc) is 2.18. The summed E-state index contributed by atoms with van der Waals surface area (Å²) in [6, 6.07) is 7.67. The van der Waals surface area contributed by atoms with Crippen LogP contribution < -0.4 is 5.32 Å². The van der Waals surface area contributed by atoms with Crippen LogP contribution in [0.3, 0.4) is 0 Å². The lowest BCUT2D eigenvalue weighted by Crippen LogP contribution is -2.14. The fourth-order valence-corrected chi connectivity index (χ4v) is 1.49. The van der Waals surface area contributed by atoms with Gasteiger partial charge in [0.05, 0.1) is 18.7 Å². The Hall–Kier alpha value is -0.620. The standard InChI is InChI=1S/C10H12INO2/c1-14-7-6-10(13)12-9-5-3-2-4-8(9)11/h2-5H,6-7H2,1H3,(H,12,13). The Bertz CT molecular complexity index is 315. The molecule has 3 nitrogen and oxygen atoms in total. The maximum absolute atomic E-state index is 11.3. The quantitative estimate of drug-likeness (QED) is 0.867. The number of hydrogen-bond donors (Lipinski definition) is 1. The second-order valence-electron chi connectivity index (χ2n) is 2.77. The molecule has 0 saturated heterocycles. The van der Waals surface area contributed by atoms with Crippen molar-refractivity contribution in [1.82, 2.24) is 0 Å². The minimum atomic E-state index is -0.0176. The summed E-state index contributed by atoms with van der Waals surface area (Å²) in [6.45, 7) is 0.454. The summed E-state index contributed by atoms with van der Waals surface area (Å²) in [7, 11) is 1.58. The van der Waals surface area contributed by atoms with Crippen molar-refractivity contribution in [2.24, 2.45) is 0 Å². The third-order valence-corrected chi connectivity index (χ3v) is 2.62. The van der Waals surface area contributed by atoms with Crippen molar-refractivity contribution >= 4 is 34.2 Å². The molecule has 0 spiro atoms. The molecule has 4 heteroatoms. The van der Waals surface area contributed by atoms with Crippen molar-refractivity contribution in [1.29, 1.82) is 0 Å². The fraction of sp³-hybridized carbons (Fsp3) is 0.300. The summed E-state index contributed by atoms with van der Waals surface area (Å²) in [5, 5.41) is 2.82. The molecule has 14 heavy (non-hydrogen) atoms. The van der Waals surface area contributed by atoms with E-state index in [2.05, 4.69) is 27.9 Å². The van der Waals surface area contributed by atoms with E-state index in [-0.39, 0.29) is 5.91 Å². The Balaban J connectivity index is 2.52. The third-order valence-electron chi connectivity index (χ3n) is 1.68. The molecule has 76 valence electrons. The van der Waals surface area contributed by atoms with Gasteiger partial charge in [0.15, 0.2) is 0 Å². The Morgan fingerprint density at radius 1 is 1.50 bits per heavy atom. The van der Waals surface area contributed by atoms with Gasteiger partial charge in [-0.3, -0.25) is 4.79 Å². The van der Waals surface area contributed by atoms with Gasteiger partial charge in [0.1, 0.15) is 0 Å². The van der Waals surface area contributed by atoms with E-state index in [0.29, 0.717) is 13.0 Å². The van der Waals surface area contributed by atoms with E-state index in [1.54, 1.807) is 7.11 Å². The molecule has 0 fully saturated rings. The third kappa shape index (κ3) is 3.63. The second kappa shape index (κ2) is 5.98. The zero-order chi connectivity index (χ0) is 10.4. The molecular weight excluding hydrogens is 293 g/mol. The van der Waals surface area contributed by atoms with Gasteiger partial charge in [0, 0.05) is 10.7 Å². The first-order valence-electron chi connectivity index (χ1n) is 4.27. The van der Waals surface area contributed by atoms with Crippen molar-refractivity contribution in [3.63, 3.8) is 0 Å². The summed E-state index contributed by atoms with van der Waals surface area (Å²) in [6.07, 6.45) is 0.390. The van der Waals surface area contributed by atoms with Crippen molar-refractivity contribution in [2.75, 3.05) is 19.0 Å². The van der Waals surface area contributed by atoms with Crippen LogP contribution in [-0.4, -0.2) is 19.6 Å². The van der Waals surface area contributed by atoms with Crippen LogP contribution in [0.15, 0.2) is 24.3 Å². The van der Waals surface area contributed by atoms with E-state index in [0.717, 1.165) is 9.26 Å². The number of halogens is 1. The van der Waals surface area contributed by atoms with Crippen LogP contribution in [0.2, 0.25) is 0 Å². The zero-order valence-corrected chi connectivity index (χ0v) is 10.1. The summed E-state index contributed by atoms with van der Waals surface area (Å²) in [5.74, 6) is -0.0176. The van der Waals surface area contributed by atoms with Crippen molar-refractivity contribution in [3.8, 4) is 0 Å². The monoisotopic (exact) mass is 305 g/mol. The first-order chi connectivity index (χ1) is 6.74. The van der Waals surface area contributed by atoms with Crippen LogP contribution in [0.25, 0.3) is 0 Å². The molecule has 0 radical (unpaired) electrons. The molecule has 0 atom stereocenters. The van der Waals surface area contributed by atoms with Crippen molar-refractivity contribution in [3.05, 3.63) is 27.8 Å². The highest BCUT2D eigenvalue weighted by atomic mass is 127. The SMILES string of the molecule is COCCC(=O)Nc1ccccc1I. The molecular formula is C10H12INO2. The molecule has 1 aromatic carbocycles. The Morgan fingerprint density at radius 2 is 2.21 bits per heavy atom. The van der Waals surface area contributed by atoms with Crippen LogP contribution in [-0.2, 0) is 9.53 Å². The highest BCUT2D eigenvalue weighted by Gasteiger charge is 2.03. The van der Waals surface area contributed by atoms with E-state index >= 15 is 0 Å². The van der Waals surface area contributed by atoms with Crippen LogP contribution >= 0.6 is 22.6 Å². The number of anilines is 1. The lowest BCUT2D eigenvalue weighted by Gasteiger charge is -2.06. The lowest BCUT2D eigenvalue weighted by molar-refractivity contribution is -0.117. The molecule has 0 aromatic heterocycles. The van der Waals surface area contributed by atoms with E-state index in [4.69, 9.17) is 4.74 Å². The number of nitrogens with one attached hydrogen (secondary N) is 1. The summed E-state index contributed by atoms with van der Waals surface area (Å²) in [4.78, 5) is 11.3. The van der Waals surface area contributed by atoms with Gasteiger partial charge in [0.2, 0.25) is 5.91 Å². The minimum Gasteiger partial charge on any atom is -0.384 e. The zero-order valence-electron chi connectivity index (χ0n) is 7.92. The van der Waals surface area contributed by atoms with Gasteiger partial charge >= 0.3 is 0 Å². The van der Waals surface area contributed by atoms with Crippen LogP contribution in [0.4, 0.5) is 5.69 Å². The maximum atomic E-state index is 11.3. The molecule has 1 N–H and O–H groups in total. The van der Waals surface area contributed by atoms with Gasteiger partial charge in [-0.05, 0) is 34.7 Å². The predicted molar refractivity (Wildman–Crippen MR) is 64.3 cm³/mol. The number of rotatable bonds is 4. The summed E-state index contributed by atoms with van der Waals surface area (Å²) < 4.78 is 5.86. The number of hydrogen-bond acceptors (Lipinski definition) is 2. The highest BCUT2D eigenvalue weighted by Crippen LogP contribution is 2.16. The number of methoxy groups -OCH3 is 1. The normalized spacial score (nSPS) is 9.86. The van der Waals surface area contributed by atoms with E-state index in [1.807, 2.05) is 24.3 Å². The molecule has 1 rings (SSSR count). The van der Waals surface area contributed by atoms with E-state index in [1.165, 1.54) is 0 Å². The fourth-order valence-electron chi connectivity index (χ4n) is 0.970. The second-order valence-corrected chi connectivity index (χ2v) is 3.93. The van der Waals surface area contributed by atoms with Crippen LogP contribution in [0.5, 0.6) is 0 Å². The van der Waals surface area contributed by atoms with Gasteiger partial charge in [-0.1, -0.05) is 12.1 Å². The average molecular weight is 305 g/mol. The maximum Gasteiger partial charge on any atom is 0.226 e. The Kier molecular flexibility index (Phi) is 4.89. The summed E-state index contributed by atoms with van der Waals surface area (Å²) in [5.41, 5.74) is 0.856. The molecule has 0 unspecified atom stereocenters. The van der Waals surface area contributed by atoms with Gasteiger partial charge in [-0.25, -0.2) is 0 Å². The first kappa shape index (κ1) is 11.5. The number of benzene rings is 1. The molecule has 0 aliphatic heterocycles. The minimum absolute atomic E-state index is 0.0176. The lowest BCUT2D eigenvalue weighted by atomic mass is 10.3. The Morgan fingerprint density at radius 3 is 2.86 bits per heavy atom. The van der Waals surface area contributed by atoms with Crippen molar-refractivity contribution < 1.29 is 9.53 Å². The molecule has 0 aliphatic carbocycles.